The molecule has 0 bridgehead atoms. The lowest BCUT2D eigenvalue weighted by Gasteiger charge is -2.34. The van der Waals surface area contributed by atoms with Gasteiger partial charge in [0, 0.05) is 56.2 Å². The molecule has 27 heavy (non-hydrogen) atoms. The summed E-state index contributed by atoms with van der Waals surface area (Å²) in [6.07, 6.45) is 2.66. The average molecular weight is 383 g/mol. The Balaban J connectivity index is 1.28. The molecule has 2 aromatic heterocycles. The number of hydrogen-bond donors (Lipinski definition) is 0. The van der Waals surface area contributed by atoms with Crippen LogP contribution in [-0.4, -0.2) is 52.1 Å². The van der Waals surface area contributed by atoms with Crippen molar-refractivity contribution in [3.63, 3.8) is 0 Å². The van der Waals surface area contributed by atoms with Crippen molar-refractivity contribution in [1.29, 1.82) is 0 Å². The van der Waals surface area contributed by atoms with Gasteiger partial charge in [-0.1, -0.05) is 35.0 Å². The number of amides is 1. The van der Waals surface area contributed by atoms with E-state index in [4.69, 9.17) is 4.52 Å². The van der Waals surface area contributed by atoms with E-state index >= 15 is 0 Å². The molecule has 7 nitrogen and oxygen atoms in total. The molecule has 140 valence electrons. The van der Waals surface area contributed by atoms with Crippen molar-refractivity contribution in [2.45, 2.75) is 19.8 Å². The molecule has 1 aliphatic heterocycles. The number of benzene rings is 1. The van der Waals surface area contributed by atoms with Gasteiger partial charge in [0.1, 0.15) is 0 Å². The van der Waals surface area contributed by atoms with Gasteiger partial charge in [0.2, 0.25) is 17.6 Å². The number of carbonyl (C=O) groups excluding carboxylic acids is 1. The maximum absolute atomic E-state index is 12.5. The molecule has 0 saturated carbocycles. The van der Waals surface area contributed by atoms with Crippen molar-refractivity contribution in [2.24, 2.45) is 0 Å². The van der Waals surface area contributed by atoms with Crippen molar-refractivity contribution in [3.8, 4) is 11.4 Å². The van der Waals surface area contributed by atoms with E-state index < -0.39 is 0 Å². The minimum atomic E-state index is 0.129. The Morgan fingerprint density at radius 3 is 2.67 bits per heavy atom. The number of hydrogen-bond acceptors (Lipinski definition) is 7. The largest absolute Gasteiger partial charge is 0.345 e. The first-order chi connectivity index (χ1) is 13.2. The Morgan fingerprint density at radius 1 is 1.19 bits per heavy atom. The van der Waals surface area contributed by atoms with E-state index in [1.807, 2.05) is 47.7 Å². The van der Waals surface area contributed by atoms with Crippen LogP contribution < -0.4 is 4.90 Å². The number of aromatic nitrogens is 3. The summed E-state index contributed by atoms with van der Waals surface area (Å²) < 4.78 is 5.31. The zero-order valence-corrected chi connectivity index (χ0v) is 16.0. The first kappa shape index (κ1) is 17.7. The van der Waals surface area contributed by atoms with Crippen LogP contribution in [0.25, 0.3) is 11.4 Å². The quantitative estimate of drug-likeness (QED) is 0.674. The lowest BCUT2D eigenvalue weighted by atomic mass is 10.1. The Morgan fingerprint density at radius 2 is 1.96 bits per heavy atom. The number of thiazole rings is 1. The fourth-order valence-corrected chi connectivity index (χ4v) is 3.76. The SMILES string of the molecule is Cc1ccc(-c2noc(CCC(=O)N3CCN(c4nccs4)CC3)n2)cc1. The Kier molecular flexibility index (Phi) is 5.15. The monoisotopic (exact) mass is 383 g/mol. The summed E-state index contributed by atoms with van der Waals surface area (Å²) >= 11 is 1.63. The summed E-state index contributed by atoms with van der Waals surface area (Å²) in [5.41, 5.74) is 2.10. The van der Waals surface area contributed by atoms with Gasteiger partial charge in [-0.2, -0.15) is 4.98 Å². The van der Waals surface area contributed by atoms with Gasteiger partial charge >= 0.3 is 0 Å². The zero-order chi connectivity index (χ0) is 18.6. The number of piperazine rings is 1. The van der Waals surface area contributed by atoms with Crippen LogP contribution in [0.15, 0.2) is 40.4 Å². The Labute approximate surface area is 161 Å². The average Bonchev–Trinajstić information content (AvgIpc) is 3.39. The number of carbonyl (C=O) groups is 1. The third-order valence-corrected chi connectivity index (χ3v) is 5.48. The van der Waals surface area contributed by atoms with E-state index in [0.29, 0.717) is 24.6 Å². The summed E-state index contributed by atoms with van der Waals surface area (Å²) in [4.78, 5) is 25.4. The van der Waals surface area contributed by atoms with Gasteiger partial charge in [-0.05, 0) is 6.92 Å². The minimum Gasteiger partial charge on any atom is -0.345 e. The maximum Gasteiger partial charge on any atom is 0.227 e. The van der Waals surface area contributed by atoms with Crippen LogP contribution in [-0.2, 0) is 11.2 Å². The van der Waals surface area contributed by atoms with E-state index in [9.17, 15) is 4.79 Å². The predicted molar refractivity (Wildman–Crippen MR) is 104 cm³/mol. The molecule has 0 unspecified atom stereocenters. The minimum absolute atomic E-state index is 0.129. The highest BCUT2D eigenvalue weighted by atomic mass is 32.1. The summed E-state index contributed by atoms with van der Waals surface area (Å²) in [6, 6.07) is 7.97. The topological polar surface area (TPSA) is 75.4 Å². The highest BCUT2D eigenvalue weighted by Crippen LogP contribution is 2.20. The summed E-state index contributed by atoms with van der Waals surface area (Å²) in [6.45, 7) is 5.11. The second-order valence-corrected chi connectivity index (χ2v) is 7.43. The predicted octanol–water partition coefficient (Wildman–Crippen LogP) is 2.78. The van der Waals surface area contributed by atoms with Crippen LogP contribution in [0.4, 0.5) is 5.13 Å². The van der Waals surface area contributed by atoms with E-state index in [-0.39, 0.29) is 5.91 Å². The second kappa shape index (κ2) is 7.87. The van der Waals surface area contributed by atoms with E-state index in [2.05, 4.69) is 20.0 Å². The van der Waals surface area contributed by atoms with E-state index in [0.717, 1.165) is 36.9 Å². The standard InChI is InChI=1S/C19H21N5O2S/c1-14-2-4-15(5-3-14)18-21-16(26-22-18)6-7-17(25)23-9-11-24(12-10-23)19-20-8-13-27-19/h2-5,8,13H,6-7,9-12H2,1H3. The maximum atomic E-state index is 12.5. The summed E-state index contributed by atoms with van der Waals surface area (Å²) in [5.74, 6) is 1.19. The molecule has 4 rings (SSSR count). The van der Waals surface area contributed by atoms with Crippen molar-refractivity contribution in [2.75, 3.05) is 31.1 Å². The smallest absolute Gasteiger partial charge is 0.227 e. The third kappa shape index (κ3) is 4.16. The van der Waals surface area contributed by atoms with Crippen LogP contribution in [0.3, 0.4) is 0 Å². The molecule has 0 N–H and O–H groups in total. The van der Waals surface area contributed by atoms with Crippen LogP contribution in [0.2, 0.25) is 0 Å². The molecule has 3 aromatic rings. The van der Waals surface area contributed by atoms with Gasteiger partial charge in [0.25, 0.3) is 0 Å². The van der Waals surface area contributed by atoms with Crippen molar-refractivity contribution in [3.05, 3.63) is 47.3 Å². The van der Waals surface area contributed by atoms with Crippen molar-refractivity contribution >= 4 is 22.4 Å². The van der Waals surface area contributed by atoms with Crippen LogP contribution in [0, 0.1) is 6.92 Å². The molecule has 0 atom stereocenters. The fourth-order valence-electron chi connectivity index (χ4n) is 3.07. The van der Waals surface area contributed by atoms with Gasteiger partial charge in [-0.15, -0.1) is 11.3 Å². The Hall–Kier alpha value is -2.74. The normalized spacial score (nSPS) is 14.6. The highest BCUT2D eigenvalue weighted by molar-refractivity contribution is 7.13. The third-order valence-electron chi connectivity index (χ3n) is 4.65. The number of rotatable bonds is 5. The first-order valence-corrected chi connectivity index (χ1v) is 9.89. The molecule has 0 aliphatic carbocycles. The number of nitrogens with zero attached hydrogens (tertiary/aromatic N) is 5. The van der Waals surface area contributed by atoms with E-state index in [1.165, 1.54) is 5.56 Å². The summed E-state index contributed by atoms with van der Waals surface area (Å²) in [7, 11) is 0. The Bertz CT molecular complexity index is 883. The van der Waals surface area contributed by atoms with E-state index in [1.54, 1.807) is 11.3 Å². The van der Waals surface area contributed by atoms with Crippen LogP contribution in [0.5, 0.6) is 0 Å². The van der Waals surface area contributed by atoms with Crippen LogP contribution >= 0.6 is 11.3 Å². The molecule has 0 spiro atoms. The fraction of sp³-hybridized carbons (Fsp3) is 0.368. The van der Waals surface area contributed by atoms with Gasteiger partial charge in [0.05, 0.1) is 0 Å². The van der Waals surface area contributed by atoms with Crippen molar-refractivity contribution in [1.82, 2.24) is 20.0 Å². The molecule has 0 radical (unpaired) electrons. The molecule has 3 heterocycles. The number of anilines is 1. The second-order valence-electron chi connectivity index (χ2n) is 6.56. The lowest BCUT2D eigenvalue weighted by Crippen LogP contribution is -2.48. The first-order valence-electron chi connectivity index (χ1n) is 9.01. The molecule has 1 fully saturated rings. The van der Waals surface area contributed by atoms with Gasteiger partial charge < -0.3 is 14.3 Å². The molecular formula is C19H21N5O2S. The van der Waals surface area contributed by atoms with Gasteiger partial charge in [0.15, 0.2) is 5.13 Å². The molecule has 1 saturated heterocycles. The molecule has 1 aliphatic rings. The number of aryl methyl sites for hydroxylation is 2. The van der Waals surface area contributed by atoms with Gasteiger partial charge in [-0.25, -0.2) is 4.98 Å². The molecule has 1 amide bonds. The van der Waals surface area contributed by atoms with Crippen molar-refractivity contribution < 1.29 is 9.32 Å². The van der Waals surface area contributed by atoms with Crippen LogP contribution in [0.1, 0.15) is 17.9 Å². The molecule has 1 aromatic carbocycles. The highest BCUT2D eigenvalue weighted by Gasteiger charge is 2.22. The molecule has 8 heteroatoms. The summed E-state index contributed by atoms with van der Waals surface area (Å²) in [5, 5.41) is 7.02. The lowest BCUT2D eigenvalue weighted by molar-refractivity contribution is -0.131. The molecular weight excluding hydrogens is 362 g/mol. The zero-order valence-electron chi connectivity index (χ0n) is 15.2. The van der Waals surface area contributed by atoms with Gasteiger partial charge in [-0.3, -0.25) is 4.79 Å².